The van der Waals surface area contributed by atoms with Crippen molar-refractivity contribution in [3.05, 3.63) is 54.1 Å². The van der Waals surface area contributed by atoms with Gasteiger partial charge in [0, 0.05) is 51.9 Å². The number of phenols is 1. The number of guanidine groups is 1. The predicted octanol–water partition coefficient (Wildman–Crippen LogP) is 3.03. The number of amides is 1. The summed E-state index contributed by atoms with van der Waals surface area (Å²) in [5, 5.41) is 16.4. The van der Waals surface area contributed by atoms with E-state index in [0.29, 0.717) is 18.7 Å². The molecule has 3 N–H and O–H groups in total. The number of piperazine rings is 1. The molecule has 7 heteroatoms. The average Bonchev–Trinajstić information content (AvgIpc) is 2.75. The predicted molar refractivity (Wildman–Crippen MR) is 122 cm³/mol. The van der Waals surface area contributed by atoms with Crippen molar-refractivity contribution < 1.29 is 9.90 Å². The Morgan fingerprint density at radius 1 is 1.10 bits per heavy atom. The molecule has 1 fully saturated rings. The first-order chi connectivity index (χ1) is 14.6. The van der Waals surface area contributed by atoms with Gasteiger partial charge < -0.3 is 25.5 Å². The third-order valence-corrected chi connectivity index (χ3v) is 5.15. The number of nitrogens with zero attached hydrogens (tertiary/aromatic N) is 3. The first-order valence-electron chi connectivity index (χ1n) is 10.5. The third-order valence-electron chi connectivity index (χ3n) is 5.15. The van der Waals surface area contributed by atoms with Gasteiger partial charge in [-0.15, -0.1) is 0 Å². The van der Waals surface area contributed by atoms with Gasteiger partial charge in [0.1, 0.15) is 5.75 Å². The van der Waals surface area contributed by atoms with E-state index in [2.05, 4.69) is 25.4 Å². The summed E-state index contributed by atoms with van der Waals surface area (Å²) in [5.74, 6) is 1.22. The lowest BCUT2D eigenvalue weighted by Gasteiger charge is -2.37. The van der Waals surface area contributed by atoms with Crippen molar-refractivity contribution in [3.8, 4) is 5.75 Å². The minimum absolute atomic E-state index is 0.0424. The smallest absolute Gasteiger partial charge is 0.224 e. The Kier molecular flexibility index (Phi) is 7.54. The zero-order chi connectivity index (χ0) is 21.3. The number of carbonyl (C=O) groups is 1. The fourth-order valence-corrected chi connectivity index (χ4v) is 3.61. The van der Waals surface area contributed by atoms with Gasteiger partial charge in [0.05, 0.1) is 5.69 Å². The SMILES string of the molecule is CCCC(=O)Nc1cccc(CNC(=NC)N2CCN(c3ccccc3O)CC2)c1. The summed E-state index contributed by atoms with van der Waals surface area (Å²) >= 11 is 0. The fourth-order valence-electron chi connectivity index (χ4n) is 3.61. The summed E-state index contributed by atoms with van der Waals surface area (Å²) in [5.41, 5.74) is 2.78. The lowest BCUT2D eigenvalue weighted by atomic mass is 10.2. The van der Waals surface area contributed by atoms with Crippen LogP contribution in [-0.2, 0) is 11.3 Å². The van der Waals surface area contributed by atoms with Gasteiger partial charge in [-0.2, -0.15) is 0 Å². The van der Waals surface area contributed by atoms with Crippen LogP contribution in [0.5, 0.6) is 5.75 Å². The number of hydrogen-bond donors (Lipinski definition) is 3. The molecule has 1 saturated heterocycles. The van der Waals surface area contributed by atoms with Crippen LogP contribution in [0.2, 0.25) is 0 Å². The van der Waals surface area contributed by atoms with Gasteiger partial charge in [-0.3, -0.25) is 9.79 Å². The monoisotopic (exact) mass is 409 g/mol. The van der Waals surface area contributed by atoms with Gasteiger partial charge in [0.2, 0.25) is 5.91 Å². The van der Waals surface area contributed by atoms with Crippen LogP contribution in [0.4, 0.5) is 11.4 Å². The number of aromatic hydroxyl groups is 1. The molecular weight excluding hydrogens is 378 g/mol. The second kappa shape index (κ2) is 10.5. The number of aliphatic imine (C=N–C) groups is 1. The van der Waals surface area contributed by atoms with Crippen LogP contribution >= 0.6 is 0 Å². The second-order valence-electron chi connectivity index (χ2n) is 7.36. The van der Waals surface area contributed by atoms with Crippen LogP contribution in [0.1, 0.15) is 25.3 Å². The number of rotatable bonds is 6. The zero-order valence-corrected chi connectivity index (χ0v) is 17.8. The lowest BCUT2D eigenvalue weighted by Crippen LogP contribution is -2.52. The summed E-state index contributed by atoms with van der Waals surface area (Å²) in [7, 11) is 1.79. The quantitative estimate of drug-likeness (QED) is 0.505. The van der Waals surface area contributed by atoms with Crippen molar-refractivity contribution >= 4 is 23.2 Å². The molecule has 160 valence electrons. The van der Waals surface area contributed by atoms with Crippen LogP contribution < -0.4 is 15.5 Å². The highest BCUT2D eigenvalue weighted by Crippen LogP contribution is 2.27. The average molecular weight is 410 g/mol. The highest BCUT2D eigenvalue weighted by Gasteiger charge is 2.21. The molecule has 0 unspecified atom stereocenters. The molecule has 0 saturated carbocycles. The van der Waals surface area contributed by atoms with Gasteiger partial charge in [-0.1, -0.05) is 31.2 Å². The summed E-state index contributed by atoms with van der Waals surface area (Å²) in [4.78, 5) is 20.7. The Morgan fingerprint density at radius 3 is 2.57 bits per heavy atom. The summed E-state index contributed by atoms with van der Waals surface area (Å²) in [6.07, 6.45) is 1.36. The first kappa shape index (κ1) is 21.5. The van der Waals surface area contributed by atoms with Gasteiger partial charge in [-0.25, -0.2) is 0 Å². The number of nitrogens with one attached hydrogen (secondary N) is 2. The maximum Gasteiger partial charge on any atom is 0.224 e. The summed E-state index contributed by atoms with van der Waals surface area (Å²) < 4.78 is 0. The van der Waals surface area contributed by atoms with E-state index in [9.17, 15) is 9.90 Å². The molecule has 0 aromatic heterocycles. The van der Waals surface area contributed by atoms with E-state index in [1.807, 2.05) is 49.4 Å². The van der Waals surface area contributed by atoms with Gasteiger partial charge in [-0.05, 0) is 36.2 Å². The minimum atomic E-state index is 0.0424. The molecule has 1 aliphatic heterocycles. The molecule has 0 aliphatic carbocycles. The third kappa shape index (κ3) is 5.65. The van der Waals surface area contributed by atoms with Crippen LogP contribution in [0.15, 0.2) is 53.5 Å². The summed E-state index contributed by atoms with van der Waals surface area (Å²) in [6, 6.07) is 15.3. The largest absolute Gasteiger partial charge is 0.506 e. The molecular formula is C23H31N5O2. The molecule has 0 atom stereocenters. The Balaban J connectivity index is 1.53. The van der Waals surface area contributed by atoms with Crippen molar-refractivity contribution in [2.45, 2.75) is 26.3 Å². The molecule has 0 bridgehead atoms. The summed E-state index contributed by atoms with van der Waals surface area (Å²) in [6.45, 7) is 5.90. The Bertz CT molecular complexity index is 875. The van der Waals surface area contributed by atoms with E-state index in [1.165, 1.54) is 0 Å². The van der Waals surface area contributed by atoms with E-state index >= 15 is 0 Å². The molecule has 2 aromatic carbocycles. The number of phenolic OH excluding ortho intramolecular Hbond substituents is 1. The van der Waals surface area contributed by atoms with Crippen LogP contribution in [0.25, 0.3) is 0 Å². The Hall–Kier alpha value is -3.22. The normalized spacial score (nSPS) is 14.5. The highest BCUT2D eigenvalue weighted by atomic mass is 16.3. The highest BCUT2D eigenvalue weighted by molar-refractivity contribution is 5.90. The van der Waals surface area contributed by atoms with E-state index in [0.717, 1.165) is 55.5 Å². The topological polar surface area (TPSA) is 80.2 Å². The molecule has 3 rings (SSSR count). The van der Waals surface area contributed by atoms with Crippen molar-refractivity contribution in [3.63, 3.8) is 0 Å². The number of benzene rings is 2. The minimum Gasteiger partial charge on any atom is -0.506 e. The van der Waals surface area contributed by atoms with E-state index in [-0.39, 0.29) is 5.91 Å². The van der Waals surface area contributed by atoms with Crippen LogP contribution in [-0.4, -0.2) is 55.1 Å². The van der Waals surface area contributed by atoms with Crippen molar-refractivity contribution in [2.24, 2.45) is 4.99 Å². The Morgan fingerprint density at radius 2 is 1.87 bits per heavy atom. The second-order valence-corrected chi connectivity index (χ2v) is 7.36. The molecule has 2 aromatic rings. The van der Waals surface area contributed by atoms with Gasteiger partial charge in [0.25, 0.3) is 0 Å². The number of anilines is 2. The van der Waals surface area contributed by atoms with Gasteiger partial charge >= 0.3 is 0 Å². The van der Waals surface area contributed by atoms with Crippen molar-refractivity contribution in [2.75, 3.05) is 43.4 Å². The van der Waals surface area contributed by atoms with E-state index in [4.69, 9.17) is 0 Å². The van der Waals surface area contributed by atoms with Crippen LogP contribution in [0, 0.1) is 0 Å². The number of hydrogen-bond acceptors (Lipinski definition) is 4. The molecule has 1 amide bonds. The van der Waals surface area contributed by atoms with E-state index < -0.39 is 0 Å². The molecule has 30 heavy (non-hydrogen) atoms. The maximum absolute atomic E-state index is 11.8. The first-order valence-corrected chi connectivity index (χ1v) is 10.5. The van der Waals surface area contributed by atoms with Crippen molar-refractivity contribution in [1.82, 2.24) is 10.2 Å². The zero-order valence-electron chi connectivity index (χ0n) is 17.8. The number of para-hydroxylation sites is 2. The van der Waals surface area contributed by atoms with E-state index in [1.54, 1.807) is 13.1 Å². The van der Waals surface area contributed by atoms with Crippen molar-refractivity contribution in [1.29, 1.82) is 0 Å². The van der Waals surface area contributed by atoms with Crippen LogP contribution in [0.3, 0.4) is 0 Å². The van der Waals surface area contributed by atoms with Gasteiger partial charge in [0.15, 0.2) is 5.96 Å². The Labute approximate surface area is 178 Å². The number of carbonyl (C=O) groups excluding carboxylic acids is 1. The lowest BCUT2D eigenvalue weighted by molar-refractivity contribution is -0.116. The molecule has 0 spiro atoms. The molecule has 0 radical (unpaired) electrons. The maximum atomic E-state index is 11.8. The molecule has 1 aliphatic rings. The molecule has 7 nitrogen and oxygen atoms in total. The molecule has 1 heterocycles. The standard InChI is InChI=1S/C23H31N5O2/c1-3-7-22(30)26-19-9-6-8-18(16-19)17-25-23(24-2)28-14-12-27(13-15-28)20-10-4-5-11-21(20)29/h4-6,8-11,16,29H,3,7,12-15,17H2,1-2H3,(H,24,25)(H,26,30). The fraction of sp³-hybridized carbons (Fsp3) is 0.391.